The Kier molecular flexibility index (Phi) is 4.55. The van der Waals surface area contributed by atoms with Gasteiger partial charge in [-0.25, -0.2) is 0 Å². The van der Waals surface area contributed by atoms with E-state index in [0.717, 1.165) is 18.3 Å². The number of aldehydes is 1. The van der Waals surface area contributed by atoms with Gasteiger partial charge in [0, 0.05) is 0 Å². The number of carbonyl (C=O) groups excluding carboxylic acids is 1. The molecule has 1 nitrogen and oxygen atoms in total. The van der Waals surface area contributed by atoms with Gasteiger partial charge in [-0.05, 0) is 25.8 Å². The van der Waals surface area contributed by atoms with Crippen molar-refractivity contribution in [1.82, 2.24) is 0 Å². The van der Waals surface area contributed by atoms with Crippen LogP contribution in [0.1, 0.15) is 27.2 Å². The lowest BCUT2D eigenvalue weighted by atomic mass is 10.2. The minimum absolute atomic E-state index is 0.771. The van der Waals surface area contributed by atoms with E-state index in [-0.39, 0.29) is 0 Å². The second kappa shape index (κ2) is 4.98. The summed E-state index contributed by atoms with van der Waals surface area (Å²) >= 11 is 0. The summed E-state index contributed by atoms with van der Waals surface area (Å²) in [4.78, 5) is 10.1. The summed E-state index contributed by atoms with van der Waals surface area (Å²) < 4.78 is 0. The van der Waals surface area contributed by atoms with E-state index in [1.165, 1.54) is 5.57 Å². The van der Waals surface area contributed by atoms with Gasteiger partial charge in [-0.1, -0.05) is 24.6 Å². The lowest BCUT2D eigenvalue weighted by molar-refractivity contribution is -0.104. The molecule has 1 heteroatoms. The lowest BCUT2D eigenvalue weighted by Crippen LogP contribution is -1.74. The van der Waals surface area contributed by atoms with Crippen LogP contribution in [0.25, 0.3) is 0 Å². The maximum Gasteiger partial charge on any atom is 0.145 e. The first-order chi connectivity index (χ1) is 4.70. The first-order valence-corrected chi connectivity index (χ1v) is 3.50. The molecule has 0 aliphatic rings. The van der Waals surface area contributed by atoms with Crippen molar-refractivity contribution in [2.75, 3.05) is 0 Å². The van der Waals surface area contributed by atoms with Crippen molar-refractivity contribution in [2.45, 2.75) is 27.2 Å². The van der Waals surface area contributed by atoms with Crippen LogP contribution in [0, 0.1) is 0 Å². The first-order valence-electron chi connectivity index (χ1n) is 3.50. The van der Waals surface area contributed by atoms with Crippen LogP contribution in [-0.2, 0) is 4.79 Å². The number of allylic oxidation sites excluding steroid dienone is 4. The summed E-state index contributed by atoms with van der Waals surface area (Å²) in [6.45, 7) is 5.94. The van der Waals surface area contributed by atoms with Crippen molar-refractivity contribution in [3.8, 4) is 0 Å². The SMILES string of the molecule is CCC(C)=CC=C(C)C=O. The molecule has 56 valence electrons. The molecule has 0 aliphatic carbocycles. The van der Waals surface area contributed by atoms with Crippen molar-refractivity contribution in [3.05, 3.63) is 23.3 Å². The van der Waals surface area contributed by atoms with Crippen LogP contribution in [0.15, 0.2) is 23.3 Å². The molecule has 0 aromatic rings. The molecule has 0 bridgehead atoms. The molecule has 0 aromatic heterocycles. The molecule has 0 saturated carbocycles. The minimum atomic E-state index is 0.771. The molecule has 0 fully saturated rings. The third-order valence-corrected chi connectivity index (χ3v) is 1.37. The Bertz CT molecular complexity index is 164. The standard InChI is InChI=1S/C9H14O/c1-4-8(2)5-6-9(3)7-10/h5-7H,4H2,1-3H3. The summed E-state index contributed by atoms with van der Waals surface area (Å²) in [5.41, 5.74) is 2.06. The third kappa shape index (κ3) is 4.07. The summed E-state index contributed by atoms with van der Waals surface area (Å²) in [5.74, 6) is 0. The van der Waals surface area contributed by atoms with Gasteiger partial charge in [-0.2, -0.15) is 0 Å². The van der Waals surface area contributed by atoms with Crippen molar-refractivity contribution < 1.29 is 4.79 Å². The van der Waals surface area contributed by atoms with E-state index >= 15 is 0 Å². The highest BCUT2D eigenvalue weighted by molar-refractivity contribution is 5.72. The van der Waals surface area contributed by atoms with Crippen LogP contribution in [0.4, 0.5) is 0 Å². The largest absolute Gasteiger partial charge is 0.298 e. The highest BCUT2D eigenvalue weighted by atomic mass is 16.1. The second-order valence-corrected chi connectivity index (χ2v) is 2.40. The summed E-state index contributed by atoms with van der Waals surface area (Å²) in [5, 5.41) is 0. The Labute approximate surface area is 62.4 Å². The monoisotopic (exact) mass is 138 g/mol. The molecule has 0 spiro atoms. The topological polar surface area (TPSA) is 17.1 Å². The molecule has 0 heterocycles. The fraction of sp³-hybridized carbons (Fsp3) is 0.444. The Balaban J connectivity index is 4.03. The fourth-order valence-corrected chi connectivity index (χ4v) is 0.431. The van der Waals surface area contributed by atoms with Gasteiger partial charge in [-0.3, -0.25) is 4.79 Å². The van der Waals surface area contributed by atoms with E-state index in [0.29, 0.717) is 0 Å². The smallest absolute Gasteiger partial charge is 0.145 e. The Morgan fingerprint density at radius 2 is 1.90 bits per heavy atom. The first kappa shape index (κ1) is 9.15. The van der Waals surface area contributed by atoms with Crippen LogP contribution in [0.5, 0.6) is 0 Å². The van der Waals surface area contributed by atoms with Gasteiger partial charge in [0.2, 0.25) is 0 Å². The Morgan fingerprint density at radius 3 is 2.30 bits per heavy atom. The fourth-order valence-electron chi connectivity index (χ4n) is 0.431. The Hall–Kier alpha value is -0.850. The molecule has 0 aliphatic heterocycles. The van der Waals surface area contributed by atoms with Crippen molar-refractivity contribution in [1.29, 1.82) is 0 Å². The maximum absolute atomic E-state index is 10.1. The van der Waals surface area contributed by atoms with Crippen LogP contribution in [0.3, 0.4) is 0 Å². The van der Waals surface area contributed by atoms with Crippen molar-refractivity contribution in [3.63, 3.8) is 0 Å². The van der Waals surface area contributed by atoms with Gasteiger partial charge in [0.05, 0.1) is 0 Å². The molecular formula is C9H14O. The van der Waals surface area contributed by atoms with E-state index in [9.17, 15) is 4.79 Å². The van der Waals surface area contributed by atoms with Gasteiger partial charge in [0.1, 0.15) is 6.29 Å². The molecule has 0 N–H and O–H groups in total. The molecule has 0 rings (SSSR count). The number of hydrogen-bond donors (Lipinski definition) is 0. The summed E-state index contributed by atoms with van der Waals surface area (Å²) in [6, 6.07) is 0. The van der Waals surface area contributed by atoms with Crippen molar-refractivity contribution >= 4 is 6.29 Å². The van der Waals surface area contributed by atoms with Crippen LogP contribution in [0.2, 0.25) is 0 Å². The van der Waals surface area contributed by atoms with Gasteiger partial charge in [0.25, 0.3) is 0 Å². The van der Waals surface area contributed by atoms with E-state index in [2.05, 4.69) is 13.8 Å². The van der Waals surface area contributed by atoms with Crippen LogP contribution >= 0.6 is 0 Å². The average Bonchev–Trinajstić information content (AvgIpc) is 1.99. The molecule has 0 amide bonds. The van der Waals surface area contributed by atoms with E-state index in [1.54, 1.807) is 6.92 Å². The molecule has 0 saturated heterocycles. The third-order valence-electron chi connectivity index (χ3n) is 1.37. The van der Waals surface area contributed by atoms with Gasteiger partial charge >= 0.3 is 0 Å². The maximum atomic E-state index is 10.1. The van der Waals surface area contributed by atoms with E-state index < -0.39 is 0 Å². The number of carbonyl (C=O) groups is 1. The zero-order chi connectivity index (χ0) is 7.98. The molecule has 0 atom stereocenters. The average molecular weight is 138 g/mol. The normalized spacial score (nSPS) is 13.5. The van der Waals surface area contributed by atoms with Gasteiger partial charge in [0.15, 0.2) is 0 Å². The Morgan fingerprint density at radius 1 is 1.30 bits per heavy atom. The van der Waals surface area contributed by atoms with Crippen molar-refractivity contribution in [2.24, 2.45) is 0 Å². The zero-order valence-corrected chi connectivity index (χ0v) is 6.85. The summed E-state index contributed by atoms with van der Waals surface area (Å²) in [7, 11) is 0. The lowest BCUT2D eigenvalue weighted by Gasteiger charge is -1.89. The zero-order valence-electron chi connectivity index (χ0n) is 6.85. The molecular weight excluding hydrogens is 124 g/mol. The predicted octanol–water partition coefficient (Wildman–Crippen LogP) is 2.49. The molecule has 0 unspecified atom stereocenters. The van der Waals surface area contributed by atoms with E-state index in [1.807, 2.05) is 12.2 Å². The second-order valence-electron chi connectivity index (χ2n) is 2.40. The molecule has 10 heavy (non-hydrogen) atoms. The molecule has 0 radical (unpaired) electrons. The highest BCUT2D eigenvalue weighted by Crippen LogP contribution is 1.99. The van der Waals surface area contributed by atoms with Crippen LogP contribution < -0.4 is 0 Å². The molecule has 0 aromatic carbocycles. The highest BCUT2D eigenvalue weighted by Gasteiger charge is 1.81. The predicted molar refractivity (Wildman–Crippen MR) is 43.9 cm³/mol. The van der Waals surface area contributed by atoms with E-state index in [4.69, 9.17) is 0 Å². The van der Waals surface area contributed by atoms with Gasteiger partial charge in [-0.15, -0.1) is 0 Å². The number of hydrogen-bond acceptors (Lipinski definition) is 1. The summed E-state index contributed by atoms with van der Waals surface area (Å²) in [6.07, 6.45) is 5.72. The number of rotatable bonds is 3. The quantitative estimate of drug-likeness (QED) is 0.332. The van der Waals surface area contributed by atoms with Crippen LogP contribution in [-0.4, -0.2) is 6.29 Å². The minimum Gasteiger partial charge on any atom is -0.298 e. The van der Waals surface area contributed by atoms with Gasteiger partial charge < -0.3 is 0 Å².